The van der Waals surface area contributed by atoms with Gasteiger partial charge in [0.05, 0.1) is 23.0 Å². The Morgan fingerprint density at radius 2 is 1.92 bits per heavy atom. The smallest absolute Gasteiger partial charge is 0.339 e. The number of esters is 1. The van der Waals surface area contributed by atoms with E-state index in [1.165, 1.54) is 0 Å². The average Bonchev–Trinajstić information content (AvgIpc) is 3.52. The Kier molecular flexibility index (Phi) is 5.64. The van der Waals surface area contributed by atoms with E-state index in [-0.39, 0.29) is 18.6 Å². The normalized spacial score (nSPS) is 17.8. The molecule has 1 aliphatic heterocycles. The van der Waals surface area contributed by atoms with Crippen LogP contribution in [0, 0.1) is 0 Å². The van der Waals surface area contributed by atoms with E-state index in [1.807, 2.05) is 73.7 Å². The van der Waals surface area contributed by atoms with Crippen LogP contribution in [0.15, 0.2) is 71.3 Å². The zero-order valence-electron chi connectivity index (χ0n) is 20.1. The van der Waals surface area contributed by atoms with Crippen LogP contribution in [0.3, 0.4) is 0 Å². The Morgan fingerprint density at radius 3 is 2.78 bits per heavy atom. The molecule has 0 saturated heterocycles. The molecule has 6 rings (SSSR count). The monoisotopic (exact) mass is 478 g/mol. The number of hydrogen-bond donors (Lipinski definition) is 0. The highest BCUT2D eigenvalue weighted by atomic mass is 16.5. The van der Waals surface area contributed by atoms with Crippen molar-refractivity contribution in [1.29, 1.82) is 0 Å². The molecule has 1 amide bonds. The third-order valence-electron chi connectivity index (χ3n) is 7.04. The van der Waals surface area contributed by atoms with Crippen LogP contribution in [0.5, 0.6) is 0 Å². The Balaban J connectivity index is 1.33. The van der Waals surface area contributed by atoms with E-state index in [4.69, 9.17) is 14.1 Å². The number of allylic oxidation sites excluding steroid dienone is 1. The second kappa shape index (κ2) is 9.11. The van der Waals surface area contributed by atoms with Crippen LogP contribution in [-0.4, -0.2) is 29.5 Å². The minimum atomic E-state index is -0.488. The largest absolute Gasteiger partial charge is 0.465 e. The number of ether oxygens (including phenoxy) is 1. The first-order valence-corrected chi connectivity index (χ1v) is 12.3. The van der Waals surface area contributed by atoms with Gasteiger partial charge in [-0.1, -0.05) is 36.4 Å². The lowest BCUT2D eigenvalue weighted by Gasteiger charge is -2.24. The maximum Gasteiger partial charge on any atom is 0.339 e. The van der Waals surface area contributed by atoms with Crippen LogP contribution in [0.2, 0.25) is 0 Å². The molecule has 0 bridgehead atoms. The number of aromatic nitrogens is 1. The average molecular weight is 479 g/mol. The van der Waals surface area contributed by atoms with Gasteiger partial charge in [0.25, 0.3) is 5.91 Å². The lowest BCUT2D eigenvalue weighted by atomic mass is 9.86. The van der Waals surface area contributed by atoms with Gasteiger partial charge in [-0.15, -0.1) is 0 Å². The summed E-state index contributed by atoms with van der Waals surface area (Å²) >= 11 is 0. The molecular formula is C30H26N2O4. The third-order valence-corrected chi connectivity index (χ3v) is 7.04. The summed E-state index contributed by atoms with van der Waals surface area (Å²) in [6.07, 6.45) is 6.88. The molecule has 4 aromatic rings. The maximum atomic E-state index is 13.5. The molecule has 180 valence electrons. The number of fused-ring (bicyclic) bond motifs is 3. The number of furan rings is 1. The van der Waals surface area contributed by atoms with E-state index >= 15 is 0 Å². The van der Waals surface area contributed by atoms with Crippen LogP contribution in [-0.2, 0) is 22.4 Å². The van der Waals surface area contributed by atoms with Gasteiger partial charge in [0.15, 0.2) is 6.61 Å². The van der Waals surface area contributed by atoms with E-state index in [0.717, 1.165) is 70.4 Å². The van der Waals surface area contributed by atoms with Crippen molar-refractivity contribution in [2.75, 3.05) is 11.5 Å². The van der Waals surface area contributed by atoms with Gasteiger partial charge in [-0.3, -0.25) is 4.79 Å². The summed E-state index contributed by atoms with van der Waals surface area (Å²) < 4.78 is 11.2. The van der Waals surface area contributed by atoms with Crippen molar-refractivity contribution >= 4 is 40.1 Å². The quantitative estimate of drug-likeness (QED) is 0.345. The molecule has 6 heteroatoms. The number of benzene rings is 2. The number of para-hydroxylation sites is 2. The van der Waals surface area contributed by atoms with Gasteiger partial charge < -0.3 is 14.1 Å². The number of amides is 1. The molecule has 1 unspecified atom stereocenters. The summed E-state index contributed by atoms with van der Waals surface area (Å²) in [5.74, 6) is 0.0477. The Morgan fingerprint density at radius 1 is 1.08 bits per heavy atom. The number of anilines is 1. The lowest BCUT2D eigenvalue weighted by molar-refractivity contribution is -0.122. The second-order valence-electron chi connectivity index (χ2n) is 9.39. The van der Waals surface area contributed by atoms with Crippen LogP contribution in [0.25, 0.3) is 22.6 Å². The summed E-state index contributed by atoms with van der Waals surface area (Å²) in [5, 5.41) is 0.743. The zero-order chi connectivity index (χ0) is 24.6. The zero-order valence-corrected chi connectivity index (χ0v) is 20.1. The minimum absolute atomic E-state index is 0.0254. The van der Waals surface area contributed by atoms with E-state index in [0.29, 0.717) is 5.56 Å². The number of nitrogens with zero attached hydrogens (tertiary/aromatic N) is 2. The van der Waals surface area contributed by atoms with E-state index in [1.54, 1.807) is 11.2 Å². The summed E-state index contributed by atoms with van der Waals surface area (Å²) in [6.45, 7) is 1.71. The standard InChI is InChI=1S/C30H26N2O4/c1-19-16-20-8-2-5-14-26(20)32(19)27(33)18-36-30(34)28-23-11-3-4-13-25(23)31-29-21(9-6-12-24(28)29)17-22-10-7-15-35-22/h2-5,7-8,10-11,13-15,17,19H,6,9,12,16,18H2,1H3. The molecule has 2 aromatic heterocycles. The van der Waals surface area contributed by atoms with Crippen LogP contribution >= 0.6 is 0 Å². The Hall–Kier alpha value is -4.19. The molecule has 0 spiro atoms. The first-order chi connectivity index (χ1) is 17.6. The molecule has 2 aliphatic rings. The van der Waals surface area contributed by atoms with Gasteiger partial charge in [-0.2, -0.15) is 0 Å². The Labute approximate surface area is 209 Å². The van der Waals surface area contributed by atoms with Crippen molar-refractivity contribution in [2.24, 2.45) is 0 Å². The first kappa shape index (κ1) is 22.3. The number of rotatable bonds is 4. The number of carbonyl (C=O) groups is 2. The van der Waals surface area contributed by atoms with Crippen molar-refractivity contribution in [3.05, 3.63) is 95.1 Å². The van der Waals surface area contributed by atoms with Gasteiger partial charge in [-0.25, -0.2) is 9.78 Å². The summed E-state index contributed by atoms with van der Waals surface area (Å²) in [5.41, 5.74) is 5.96. The predicted molar refractivity (Wildman–Crippen MR) is 139 cm³/mol. The van der Waals surface area contributed by atoms with Crippen LogP contribution < -0.4 is 4.90 Å². The summed E-state index contributed by atoms with van der Waals surface area (Å²) in [4.78, 5) is 33.4. The third kappa shape index (κ3) is 3.88. The van der Waals surface area contributed by atoms with E-state index in [9.17, 15) is 9.59 Å². The summed E-state index contributed by atoms with van der Waals surface area (Å²) in [6, 6.07) is 19.3. The van der Waals surface area contributed by atoms with E-state index in [2.05, 4.69) is 0 Å². The molecule has 36 heavy (non-hydrogen) atoms. The fourth-order valence-corrected chi connectivity index (χ4v) is 5.47. The summed E-state index contributed by atoms with van der Waals surface area (Å²) in [7, 11) is 0. The van der Waals surface area contributed by atoms with Gasteiger partial charge >= 0.3 is 5.97 Å². The topological polar surface area (TPSA) is 72.6 Å². The van der Waals surface area contributed by atoms with E-state index < -0.39 is 5.97 Å². The highest BCUT2D eigenvalue weighted by Crippen LogP contribution is 2.37. The molecule has 1 atom stereocenters. The highest BCUT2D eigenvalue weighted by molar-refractivity contribution is 6.07. The minimum Gasteiger partial charge on any atom is -0.465 e. The molecule has 1 aliphatic carbocycles. The van der Waals surface area contributed by atoms with Crippen molar-refractivity contribution in [3.8, 4) is 0 Å². The highest BCUT2D eigenvalue weighted by Gasteiger charge is 2.32. The van der Waals surface area contributed by atoms with Gasteiger partial charge in [0, 0.05) is 17.1 Å². The van der Waals surface area contributed by atoms with Gasteiger partial charge in [-0.05, 0) is 79.6 Å². The molecule has 0 radical (unpaired) electrons. The molecule has 0 N–H and O–H groups in total. The number of carbonyl (C=O) groups excluding carboxylic acids is 2. The van der Waals surface area contributed by atoms with Crippen molar-refractivity contribution in [3.63, 3.8) is 0 Å². The SMILES string of the molecule is CC1Cc2ccccc2N1C(=O)COC(=O)c1c2c(nc3ccccc13)C(=Cc1ccco1)CCC2. The Bertz CT molecular complexity index is 1500. The maximum absolute atomic E-state index is 13.5. The molecule has 0 fully saturated rings. The number of hydrogen-bond acceptors (Lipinski definition) is 5. The van der Waals surface area contributed by atoms with Gasteiger partial charge in [0.1, 0.15) is 5.76 Å². The van der Waals surface area contributed by atoms with Crippen LogP contribution in [0.1, 0.15) is 52.7 Å². The van der Waals surface area contributed by atoms with Crippen molar-refractivity contribution in [1.82, 2.24) is 4.98 Å². The molecule has 2 aromatic carbocycles. The fraction of sp³-hybridized carbons (Fsp3) is 0.233. The number of pyridine rings is 1. The molecular weight excluding hydrogens is 452 g/mol. The fourth-order valence-electron chi connectivity index (χ4n) is 5.47. The lowest BCUT2D eigenvalue weighted by Crippen LogP contribution is -2.38. The first-order valence-electron chi connectivity index (χ1n) is 12.3. The van der Waals surface area contributed by atoms with Crippen molar-refractivity contribution < 1.29 is 18.7 Å². The van der Waals surface area contributed by atoms with Crippen molar-refractivity contribution in [2.45, 2.75) is 38.6 Å². The van der Waals surface area contributed by atoms with Crippen LogP contribution in [0.4, 0.5) is 5.69 Å². The van der Waals surface area contributed by atoms with Gasteiger partial charge in [0.2, 0.25) is 0 Å². The second-order valence-corrected chi connectivity index (χ2v) is 9.39. The predicted octanol–water partition coefficient (Wildman–Crippen LogP) is 5.84. The molecule has 0 saturated carbocycles. The molecule has 6 nitrogen and oxygen atoms in total. The molecule has 3 heterocycles.